The number of amides is 2. The first-order chi connectivity index (χ1) is 12.6. The van der Waals surface area contributed by atoms with Crippen LogP contribution >= 0.6 is 0 Å². The Bertz CT molecular complexity index is 729. The largest absolute Gasteiger partial charge is 0.447 e. The minimum Gasteiger partial charge on any atom is -0.447 e. The Balaban J connectivity index is 1.18. The lowest BCUT2D eigenvalue weighted by Gasteiger charge is -2.45. The molecule has 138 valence electrons. The quantitative estimate of drug-likeness (QED) is 0.907. The summed E-state index contributed by atoms with van der Waals surface area (Å²) in [5, 5.41) is 2.87. The minimum absolute atomic E-state index is 0.0484. The predicted octanol–water partition coefficient (Wildman–Crippen LogP) is 3.16. The van der Waals surface area contributed by atoms with Crippen LogP contribution in [0.5, 0.6) is 0 Å². The molecule has 1 spiro atoms. The highest BCUT2D eigenvalue weighted by Gasteiger charge is 2.53. The Hall–Kier alpha value is -2.04. The number of piperidine rings is 1. The molecule has 2 amide bonds. The number of ether oxygens (including phenoxy) is 1. The summed E-state index contributed by atoms with van der Waals surface area (Å²) in [7, 11) is 0. The summed E-state index contributed by atoms with van der Waals surface area (Å²) < 4.78 is 5.01. The molecule has 5 nitrogen and oxygen atoms in total. The number of benzene rings is 1. The number of hydrogen-bond acceptors (Lipinski definition) is 3. The van der Waals surface area contributed by atoms with Crippen molar-refractivity contribution in [2.45, 2.75) is 55.9 Å². The molecule has 5 rings (SSSR count). The van der Waals surface area contributed by atoms with Gasteiger partial charge in [-0.1, -0.05) is 24.3 Å². The molecule has 0 aromatic heterocycles. The van der Waals surface area contributed by atoms with Crippen molar-refractivity contribution in [3.8, 4) is 0 Å². The van der Waals surface area contributed by atoms with Gasteiger partial charge in [0.2, 0.25) is 5.91 Å². The zero-order valence-electron chi connectivity index (χ0n) is 15.1. The van der Waals surface area contributed by atoms with E-state index in [9.17, 15) is 9.59 Å². The summed E-state index contributed by atoms with van der Waals surface area (Å²) in [6, 6.07) is 8.92. The molecule has 2 aliphatic heterocycles. The molecule has 1 N–H and O–H groups in total. The monoisotopic (exact) mass is 354 g/mol. The van der Waals surface area contributed by atoms with Crippen molar-refractivity contribution >= 4 is 12.0 Å². The second-order valence-corrected chi connectivity index (χ2v) is 8.59. The zero-order valence-corrected chi connectivity index (χ0v) is 15.1. The predicted molar refractivity (Wildman–Crippen MR) is 96.9 cm³/mol. The van der Waals surface area contributed by atoms with E-state index in [4.69, 9.17) is 4.74 Å². The third kappa shape index (κ3) is 2.78. The number of carbonyl (C=O) groups excluding carboxylic acids is 2. The number of carbonyl (C=O) groups is 2. The van der Waals surface area contributed by atoms with Gasteiger partial charge in [-0.05, 0) is 61.5 Å². The maximum atomic E-state index is 12.8. The molecule has 1 aromatic carbocycles. The highest BCUT2D eigenvalue weighted by molar-refractivity contribution is 5.81. The molecule has 4 fully saturated rings. The van der Waals surface area contributed by atoms with Crippen LogP contribution in [0.1, 0.15) is 61.5 Å². The molecule has 0 radical (unpaired) electrons. The first-order valence-corrected chi connectivity index (χ1v) is 9.96. The Labute approximate surface area is 154 Å². The van der Waals surface area contributed by atoms with Gasteiger partial charge in [0.15, 0.2) is 0 Å². The number of hydrogen-bond donors (Lipinski definition) is 1. The summed E-state index contributed by atoms with van der Waals surface area (Å²) in [5.74, 6) is 1.69. The maximum absolute atomic E-state index is 12.8. The van der Waals surface area contributed by atoms with Crippen molar-refractivity contribution in [3.63, 3.8) is 0 Å². The van der Waals surface area contributed by atoms with E-state index in [1.165, 1.54) is 18.4 Å². The molecular weight excluding hydrogens is 328 g/mol. The minimum atomic E-state index is -0.342. The molecular formula is C21H26N2O3. The Morgan fingerprint density at radius 3 is 2.19 bits per heavy atom. The van der Waals surface area contributed by atoms with Gasteiger partial charge >= 0.3 is 6.09 Å². The SMILES string of the molecule is O=C1N[C@]2(CO1)C[C@H](C(=O)N1CCC(c3ccccc3C3CC3)CC1)C2. The number of rotatable bonds is 3. The summed E-state index contributed by atoms with van der Waals surface area (Å²) in [4.78, 5) is 26.1. The van der Waals surface area contributed by atoms with Gasteiger partial charge in [0.1, 0.15) is 6.61 Å². The van der Waals surface area contributed by atoms with Gasteiger partial charge in [-0.3, -0.25) is 4.79 Å². The van der Waals surface area contributed by atoms with Crippen LogP contribution in [0, 0.1) is 5.92 Å². The summed E-state index contributed by atoms with van der Waals surface area (Å²) in [5.41, 5.74) is 2.81. The molecule has 26 heavy (non-hydrogen) atoms. The van der Waals surface area contributed by atoms with Crippen LogP contribution in [0.25, 0.3) is 0 Å². The fourth-order valence-electron chi connectivity index (χ4n) is 5.09. The van der Waals surface area contributed by atoms with E-state index in [-0.39, 0.29) is 23.5 Å². The number of nitrogens with zero attached hydrogens (tertiary/aromatic N) is 1. The second-order valence-electron chi connectivity index (χ2n) is 8.59. The van der Waals surface area contributed by atoms with Gasteiger partial charge in [-0.2, -0.15) is 0 Å². The standard InChI is InChI=1S/C21H26N2O3/c24-19(16-11-21(12-16)13-26-20(25)22-21)23-9-7-15(8-10-23)18-4-2-1-3-17(18)14-5-6-14/h1-4,14-16H,5-13H2,(H,22,25)/t16-,21+. The van der Waals surface area contributed by atoms with E-state index < -0.39 is 0 Å². The third-order valence-electron chi connectivity index (χ3n) is 6.73. The first-order valence-electron chi connectivity index (χ1n) is 9.96. The molecule has 2 heterocycles. The average Bonchev–Trinajstić information content (AvgIpc) is 3.41. The summed E-state index contributed by atoms with van der Waals surface area (Å²) in [6.45, 7) is 2.12. The van der Waals surface area contributed by atoms with Gasteiger partial charge in [0.25, 0.3) is 0 Å². The topological polar surface area (TPSA) is 58.6 Å². The average molecular weight is 354 g/mol. The molecule has 0 atom stereocenters. The van der Waals surface area contributed by atoms with Crippen LogP contribution < -0.4 is 5.32 Å². The fourth-order valence-corrected chi connectivity index (χ4v) is 5.09. The molecule has 5 heteroatoms. The van der Waals surface area contributed by atoms with Crippen molar-refractivity contribution in [2.75, 3.05) is 19.7 Å². The Morgan fingerprint density at radius 2 is 1.65 bits per heavy atom. The van der Waals surface area contributed by atoms with E-state index in [2.05, 4.69) is 29.6 Å². The number of alkyl carbamates (subject to hydrolysis) is 1. The van der Waals surface area contributed by atoms with Gasteiger partial charge in [0.05, 0.1) is 5.54 Å². The maximum Gasteiger partial charge on any atom is 0.407 e. The van der Waals surface area contributed by atoms with E-state index in [1.807, 2.05) is 4.90 Å². The van der Waals surface area contributed by atoms with E-state index in [0.29, 0.717) is 12.5 Å². The van der Waals surface area contributed by atoms with Crippen LogP contribution in [0.4, 0.5) is 4.79 Å². The molecule has 0 unspecified atom stereocenters. The molecule has 2 aliphatic carbocycles. The molecule has 2 saturated heterocycles. The normalized spacial score (nSPS) is 31.5. The van der Waals surface area contributed by atoms with Crippen molar-refractivity contribution in [3.05, 3.63) is 35.4 Å². The fraction of sp³-hybridized carbons (Fsp3) is 0.619. The third-order valence-corrected chi connectivity index (χ3v) is 6.73. The number of cyclic esters (lactones) is 1. The highest BCUT2D eigenvalue weighted by Crippen LogP contribution is 2.45. The van der Waals surface area contributed by atoms with Crippen LogP contribution in [-0.2, 0) is 9.53 Å². The highest BCUT2D eigenvalue weighted by atomic mass is 16.6. The molecule has 2 saturated carbocycles. The van der Waals surface area contributed by atoms with Gasteiger partial charge in [0, 0.05) is 19.0 Å². The Kier molecular flexibility index (Phi) is 3.73. The van der Waals surface area contributed by atoms with Crippen molar-refractivity contribution in [1.82, 2.24) is 10.2 Å². The summed E-state index contributed by atoms with van der Waals surface area (Å²) >= 11 is 0. The van der Waals surface area contributed by atoms with Gasteiger partial charge in [-0.15, -0.1) is 0 Å². The molecule has 1 aromatic rings. The lowest BCUT2D eigenvalue weighted by atomic mass is 9.68. The smallest absolute Gasteiger partial charge is 0.407 e. The molecule has 4 aliphatic rings. The summed E-state index contributed by atoms with van der Waals surface area (Å²) in [6.07, 6.45) is 5.89. The number of likely N-dealkylation sites (tertiary alicyclic amines) is 1. The van der Waals surface area contributed by atoms with Crippen LogP contribution in [0.3, 0.4) is 0 Å². The Morgan fingerprint density at radius 1 is 1.04 bits per heavy atom. The van der Waals surface area contributed by atoms with Crippen LogP contribution in [0.2, 0.25) is 0 Å². The number of nitrogens with one attached hydrogen (secondary N) is 1. The molecule has 0 bridgehead atoms. The zero-order chi connectivity index (χ0) is 17.7. The lowest BCUT2D eigenvalue weighted by molar-refractivity contribution is -0.142. The first kappa shape index (κ1) is 16.2. The van der Waals surface area contributed by atoms with E-state index >= 15 is 0 Å². The van der Waals surface area contributed by atoms with Crippen molar-refractivity contribution in [2.24, 2.45) is 5.92 Å². The second kappa shape index (κ2) is 6.00. The lowest BCUT2D eigenvalue weighted by Crippen LogP contribution is -2.58. The van der Waals surface area contributed by atoms with Crippen molar-refractivity contribution in [1.29, 1.82) is 0 Å². The van der Waals surface area contributed by atoms with Gasteiger partial charge < -0.3 is 15.0 Å². The van der Waals surface area contributed by atoms with E-state index in [1.54, 1.807) is 5.56 Å². The van der Waals surface area contributed by atoms with Crippen LogP contribution in [-0.4, -0.2) is 42.1 Å². The van der Waals surface area contributed by atoms with Crippen molar-refractivity contribution < 1.29 is 14.3 Å². The van der Waals surface area contributed by atoms with Crippen LogP contribution in [0.15, 0.2) is 24.3 Å². The van der Waals surface area contributed by atoms with E-state index in [0.717, 1.165) is 44.7 Å². The van der Waals surface area contributed by atoms with Gasteiger partial charge in [-0.25, -0.2) is 4.79 Å².